The third-order valence-electron chi connectivity index (χ3n) is 4.40. The van der Waals surface area contributed by atoms with E-state index in [9.17, 15) is 0 Å². The molecular formula is C21H15N3S. The average molecular weight is 341 g/mol. The lowest BCUT2D eigenvalue weighted by molar-refractivity contribution is 1.08. The van der Waals surface area contributed by atoms with Crippen molar-refractivity contribution in [1.29, 1.82) is 0 Å². The normalized spacial score (nSPS) is 11.8. The molecule has 4 heteroatoms. The van der Waals surface area contributed by atoms with Gasteiger partial charge in [-0.05, 0) is 35.2 Å². The zero-order valence-electron chi connectivity index (χ0n) is 13.4. The van der Waals surface area contributed by atoms with E-state index in [1.54, 1.807) is 11.3 Å². The Hall–Kier alpha value is -3.11. The van der Waals surface area contributed by atoms with Gasteiger partial charge in [-0.2, -0.15) is 5.10 Å². The molecule has 0 bridgehead atoms. The maximum absolute atomic E-state index is 4.42. The van der Waals surface area contributed by atoms with Crippen LogP contribution in [0.3, 0.4) is 0 Å². The van der Waals surface area contributed by atoms with Gasteiger partial charge >= 0.3 is 0 Å². The van der Waals surface area contributed by atoms with Crippen molar-refractivity contribution in [2.24, 2.45) is 0 Å². The summed E-state index contributed by atoms with van der Waals surface area (Å²) in [6.07, 6.45) is 8.58. The highest BCUT2D eigenvalue weighted by molar-refractivity contribution is 7.17. The second-order valence-electron chi connectivity index (χ2n) is 5.95. The first-order valence-electron chi connectivity index (χ1n) is 8.14. The van der Waals surface area contributed by atoms with Crippen LogP contribution in [0.5, 0.6) is 0 Å². The number of benzene rings is 2. The van der Waals surface area contributed by atoms with Gasteiger partial charge in [-0.1, -0.05) is 42.5 Å². The monoisotopic (exact) mass is 341 g/mol. The minimum absolute atomic E-state index is 0.957. The lowest BCUT2D eigenvalue weighted by Crippen LogP contribution is -1.92. The first kappa shape index (κ1) is 14.3. The van der Waals surface area contributed by atoms with Crippen molar-refractivity contribution in [3.8, 4) is 5.69 Å². The topological polar surface area (TPSA) is 33.6 Å². The van der Waals surface area contributed by atoms with Gasteiger partial charge in [0, 0.05) is 23.2 Å². The van der Waals surface area contributed by atoms with Crippen LogP contribution in [-0.4, -0.2) is 14.8 Å². The van der Waals surface area contributed by atoms with Crippen LogP contribution in [0.1, 0.15) is 11.3 Å². The van der Waals surface area contributed by atoms with E-state index in [2.05, 4.69) is 81.1 Å². The number of hydrogen-bond donors (Lipinski definition) is 1. The molecule has 0 spiro atoms. The van der Waals surface area contributed by atoms with E-state index >= 15 is 0 Å². The second kappa shape index (κ2) is 5.76. The Morgan fingerprint density at radius 1 is 0.920 bits per heavy atom. The summed E-state index contributed by atoms with van der Waals surface area (Å²) in [5.74, 6) is 0. The van der Waals surface area contributed by atoms with Gasteiger partial charge in [-0.15, -0.1) is 11.3 Å². The Morgan fingerprint density at radius 3 is 2.76 bits per heavy atom. The van der Waals surface area contributed by atoms with E-state index in [1.165, 1.54) is 15.8 Å². The molecule has 5 aromatic rings. The number of H-pyrrole nitrogens is 1. The zero-order chi connectivity index (χ0) is 16.6. The molecule has 0 atom stereocenters. The van der Waals surface area contributed by atoms with Crippen LogP contribution in [0.2, 0.25) is 0 Å². The van der Waals surface area contributed by atoms with Gasteiger partial charge in [0.05, 0.1) is 21.6 Å². The van der Waals surface area contributed by atoms with E-state index in [4.69, 9.17) is 0 Å². The number of nitrogens with one attached hydrogen (secondary N) is 1. The molecule has 3 aromatic heterocycles. The predicted octanol–water partition coefficient (Wildman–Crippen LogP) is 5.74. The molecule has 3 nitrogen and oxygen atoms in total. The Balaban J connectivity index is 1.57. The molecule has 0 radical (unpaired) electrons. The summed E-state index contributed by atoms with van der Waals surface area (Å²) in [4.78, 5) is 0. The number of thiophene rings is 1. The molecule has 0 saturated carbocycles. The molecule has 0 aliphatic carbocycles. The molecular weight excluding hydrogens is 326 g/mol. The summed E-state index contributed by atoms with van der Waals surface area (Å²) >= 11 is 1.77. The summed E-state index contributed by atoms with van der Waals surface area (Å²) < 4.78 is 3.50. The van der Waals surface area contributed by atoms with Gasteiger partial charge in [0.15, 0.2) is 0 Å². The maximum Gasteiger partial charge on any atom is 0.0927 e. The van der Waals surface area contributed by atoms with Crippen LogP contribution >= 0.6 is 11.3 Å². The van der Waals surface area contributed by atoms with Crippen LogP contribution in [0, 0.1) is 0 Å². The van der Waals surface area contributed by atoms with Crippen LogP contribution in [0.4, 0.5) is 0 Å². The highest BCUT2D eigenvalue weighted by atomic mass is 32.1. The smallest absolute Gasteiger partial charge is 0.0927 e. The molecule has 0 fully saturated rings. The molecule has 1 N–H and O–H groups in total. The van der Waals surface area contributed by atoms with Crippen molar-refractivity contribution < 1.29 is 0 Å². The van der Waals surface area contributed by atoms with E-state index in [1.807, 2.05) is 18.2 Å². The van der Waals surface area contributed by atoms with Crippen LogP contribution < -0.4 is 0 Å². The number of aromatic amines is 1. The molecule has 2 aromatic carbocycles. The quantitative estimate of drug-likeness (QED) is 0.446. The van der Waals surface area contributed by atoms with Crippen molar-refractivity contribution in [3.63, 3.8) is 0 Å². The van der Waals surface area contributed by atoms with Gasteiger partial charge in [-0.3, -0.25) is 5.10 Å². The molecule has 0 aliphatic heterocycles. The number of aromatic nitrogens is 3. The van der Waals surface area contributed by atoms with E-state index < -0.39 is 0 Å². The molecule has 0 unspecified atom stereocenters. The van der Waals surface area contributed by atoms with E-state index in [0.29, 0.717) is 0 Å². The molecule has 120 valence electrons. The van der Waals surface area contributed by atoms with Crippen LogP contribution in [0.25, 0.3) is 38.8 Å². The fourth-order valence-electron chi connectivity index (χ4n) is 3.14. The third kappa shape index (κ3) is 2.47. The number of nitrogens with zero attached hydrogens (tertiary/aromatic N) is 2. The van der Waals surface area contributed by atoms with Crippen LogP contribution in [0.15, 0.2) is 72.4 Å². The summed E-state index contributed by atoms with van der Waals surface area (Å²) in [5, 5.41) is 12.0. The largest absolute Gasteiger partial charge is 0.321 e. The minimum Gasteiger partial charge on any atom is -0.321 e. The molecule has 0 saturated heterocycles. The summed E-state index contributed by atoms with van der Waals surface area (Å²) in [5.41, 5.74) is 4.35. The molecule has 25 heavy (non-hydrogen) atoms. The lowest BCUT2D eigenvalue weighted by Gasteiger charge is -2.07. The first-order chi connectivity index (χ1) is 12.4. The van der Waals surface area contributed by atoms with Gasteiger partial charge in [0.2, 0.25) is 0 Å². The fourth-order valence-corrected chi connectivity index (χ4v) is 3.93. The van der Waals surface area contributed by atoms with E-state index in [0.717, 1.165) is 22.2 Å². The average Bonchev–Trinajstić information content (AvgIpc) is 3.35. The summed E-state index contributed by atoms with van der Waals surface area (Å²) in [7, 11) is 0. The molecule has 5 rings (SSSR count). The van der Waals surface area contributed by atoms with Gasteiger partial charge < -0.3 is 4.57 Å². The molecule has 0 amide bonds. The number of para-hydroxylation sites is 2. The second-order valence-corrected chi connectivity index (χ2v) is 6.90. The Kier molecular flexibility index (Phi) is 3.28. The third-order valence-corrected chi connectivity index (χ3v) is 5.26. The van der Waals surface area contributed by atoms with Crippen LogP contribution in [-0.2, 0) is 0 Å². The number of fused-ring (bicyclic) bond motifs is 2. The van der Waals surface area contributed by atoms with E-state index in [-0.39, 0.29) is 0 Å². The van der Waals surface area contributed by atoms with Crippen molar-refractivity contribution in [2.75, 3.05) is 0 Å². The maximum atomic E-state index is 4.42. The Bertz CT molecular complexity index is 1180. The Morgan fingerprint density at radius 2 is 1.80 bits per heavy atom. The highest BCUT2D eigenvalue weighted by Gasteiger charge is 2.06. The summed E-state index contributed by atoms with van der Waals surface area (Å²) in [6.45, 7) is 0. The van der Waals surface area contributed by atoms with Crippen molar-refractivity contribution in [3.05, 3.63) is 83.6 Å². The SMILES string of the molecule is C(=C\c1n[nH]c2ccccc12)/c1ccccc1-n1cc2ccsc2c1. The zero-order valence-corrected chi connectivity index (χ0v) is 14.2. The minimum atomic E-state index is 0.957. The Labute approximate surface area is 148 Å². The standard InChI is InChI=1S/C21H15N3S/c1-4-8-20(24-13-16-11-12-25-21(16)14-24)15(5-1)9-10-19-17-6-2-3-7-18(17)22-23-19/h1-14H,(H,22,23)/b10-9+. The van der Waals surface area contributed by atoms with Gasteiger partial charge in [0.1, 0.15) is 0 Å². The first-order valence-corrected chi connectivity index (χ1v) is 9.02. The predicted molar refractivity (Wildman–Crippen MR) is 106 cm³/mol. The fraction of sp³-hybridized carbons (Fsp3) is 0. The van der Waals surface area contributed by atoms with Crippen molar-refractivity contribution in [2.45, 2.75) is 0 Å². The molecule has 0 aliphatic rings. The summed E-state index contributed by atoms with van der Waals surface area (Å²) in [6, 6.07) is 18.8. The van der Waals surface area contributed by atoms with Crippen molar-refractivity contribution in [1.82, 2.24) is 14.8 Å². The van der Waals surface area contributed by atoms with Crippen molar-refractivity contribution >= 4 is 44.5 Å². The van der Waals surface area contributed by atoms with Gasteiger partial charge in [0.25, 0.3) is 0 Å². The highest BCUT2D eigenvalue weighted by Crippen LogP contribution is 2.26. The number of rotatable bonds is 3. The van der Waals surface area contributed by atoms with Gasteiger partial charge in [-0.25, -0.2) is 0 Å². The number of hydrogen-bond acceptors (Lipinski definition) is 2. The lowest BCUT2D eigenvalue weighted by atomic mass is 10.1. The molecule has 3 heterocycles.